The Kier molecular flexibility index (Phi) is 6.38. The normalized spacial score (nSPS) is 21.9. The van der Waals surface area contributed by atoms with E-state index in [9.17, 15) is 19.7 Å². The molecule has 0 spiro atoms. The Balaban J connectivity index is 0.00000243. The van der Waals surface area contributed by atoms with Gasteiger partial charge in [-0.25, -0.2) is 0 Å². The van der Waals surface area contributed by atoms with Crippen LogP contribution in [0.15, 0.2) is 18.2 Å². The SMILES string of the molecule is CC1CNCCC1NC(=O)CN1C(=O)COc2ccc([N+](=O)[O-])cc21.Cl. The number of piperidine rings is 1. The molecule has 1 fully saturated rings. The number of nitro groups is 1. The van der Waals surface area contributed by atoms with Crippen molar-refractivity contribution in [3.05, 3.63) is 28.3 Å². The summed E-state index contributed by atoms with van der Waals surface area (Å²) in [5.41, 5.74) is 0.0911. The van der Waals surface area contributed by atoms with Crippen LogP contribution in [0.1, 0.15) is 13.3 Å². The molecular formula is C16H21ClN4O5. The second-order valence-electron chi connectivity index (χ2n) is 6.32. The highest BCUT2D eigenvalue weighted by Crippen LogP contribution is 2.35. The number of nitrogens with one attached hydrogen (secondary N) is 2. The molecule has 26 heavy (non-hydrogen) atoms. The van der Waals surface area contributed by atoms with Gasteiger partial charge in [0.25, 0.3) is 11.6 Å². The summed E-state index contributed by atoms with van der Waals surface area (Å²) in [6.45, 7) is 3.34. The van der Waals surface area contributed by atoms with E-state index in [0.29, 0.717) is 11.7 Å². The van der Waals surface area contributed by atoms with Gasteiger partial charge in [-0.2, -0.15) is 0 Å². The average molecular weight is 385 g/mol. The van der Waals surface area contributed by atoms with Gasteiger partial charge in [0.15, 0.2) is 6.61 Å². The molecule has 142 valence electrons. The Hall–Kier alpha value is -2.39. The highest BCUT2D eigenvalue weighted by Gasteiger charge is 2.30. The molecule has 2 aliphatic rings. The van der Waals surface area contributed by atoms with E-state index in [4.69, 9.17) is 4.74 Å². The minimum absolute atomic E-state index is 0. The van der Waals surface area contributed by atoms with Gasteiger partial charge >= 0.3 is 0 Å². The summed E-state index contributed by atoms with van der Waals surface area (Å²) >= 11 is 0. The van der Waals surface area contributed by atoms with Gasteiger partial charge in [-0.1, -0.05) is 6.92 Å². The number of rotatable bonds is 4. The van der Waals surface area contributed by atoms with E-state index in [1.807, 2.05) is 0 Å². The molecule has 2 unspecified atom stereocenters. The highest BCUT2D eigenvalue weighted by molar-refractivity contribution is 6.02. The summed E-state index contributed by atoms with van der Waals surface area (Å²) in [5, 5.41) is 17.2. The summed E-state index contributed by atoms with van der Waals surface area (Å²) in [6.07, 6.45) is 0.825. The third-order valence-electron chi connectivity index (χ3n) is 4.53. The molecule has 0 bridgehead atoms. The first-order valence-electron chi connectivity index (χ1n) is 8.17. The molecule has 3 rings (SSSR count). The summed E-state index contributed by atoms with van der Waals surface area (Å²) in [7, 11) is 0. The summed E-state index contributed by atoms with van der Waals surface area (Å²) < 4.78 is 5.30. The molecule has 0 radical (unpaired) electrons. The average Bonchev–Trinajstić information content (AvgIpc) is 2.59. The number of carbonyl (C=O) groups excluding carboxylic acids is 2. The minimum Gasteiger partial charge on any atom is -0.482 e. The Bertz CT molecular complexity index is 714. The fourth-order valence-electron chi connectivity index (χ4n) is 3.10. The number of hydrogen-bond donors (Lipinski definition) is 2. The van der Waals surface area contributed by atoms with Gasteiger partial charge in [-0.3, -0.25) is 24.6 Å². The van der Waals surface area contributed by atoms with E-state index < -0.39 is 10.8 Å². The van der Waals surface area contributed by atoms with Gasteiger partial charge in [0, 0.05) is 18.2 Å². The topological polar surface area (TPSA) is 114 Å². The van der Waals surface area contributed by atoms with Gasteiger partial charge in [0.1, 0.15) is 12.3 Å². The van der Waals surface area contributed by atoms with Crippen molar-refractivity contribution in [2.24, 2.45) is 5.92 Å². The van der Waals surface area contributed by atoms with Crippen LogP contribution < -0.4 is 20.3 Å². The van der Waals surface area contributed by atoms with E-state index in [1.165, 1.54) is 23.1 Å². The predicted molar refractivity (Wildman–Crippen MR) is 96.8 cm³/mol. The molecule has 0 aromatic heterocycles. The fourth-order valence-corrected chi connectivity index (χ4v) is 3.10. The third-order valence-corrected chi connectivity index (χ3v) is 4.53. The van der Waals surface area contributed by atoms with Crippen molar-refractivity contribution in [1.82, 2.24) is 10.6 Å². The first-order valence-corrected chi connectivity index (χ1v) is 8.17. The highest BCUT2D eigenvalue weighted by atomic mass is 35.5. The van der Waals surface area contributed by atoms with Gasteiger partial charge in [0.05, 0.1) is 10.6 Å². The van der Waals surface area contributed by atoms with Gasteiger partial charge < -0.3 is 15.4 Å². The molecule has 1 aromatic carbocycles. The van der Waals surface area contributed by atoms with Gasteiger partial charge in [-0.05, 0) is 31.5 Å². The van der Waals surface area contributed by atoms with Crippen molar-refractivity contribution in [2.75, 3.05) is 31.1 Å². The van der Waals surface area contributed by atoms with Crippen LogP contribution in [-0.4, -0.2) is 49.0 Å². The second-order valence-corrected chi connectivity index (χ2v) is 6.32. The number of benzene rings is 1. The van der Waals surface area contributed by atoms with Gasteiger partial charge in [0.2, 0.25) is 5.91 Å². The number of anilines is 1. The second kappa shape index (κ2) is 8.33. The molecule has 1 saturated heterocycles. The molecule has 9 nitrogen and oxygen atoms in total. The molecule has 0 aliphatic carbocycles. The van der Waals surface area contributed by atoms with Crippen LogP contribution in [0, 0.1) is 16.0 Å². The number of nitro benzene ring substituents is 1. The smallest absolute Gasteiger partial charge is 0.271 e. The summed E-state index contributed by atoms with van der Waals surface area (Å²) in [6, 6.07) is 4.06. The van der Waals surface area contributed by atoms with E-state index in [-0.39, 0.29) is 48.9 Å². The number of carbonyl (C=O) groups is 2. The van der Waals surface area contributed by atoms with Crippen LogP contribution >= 0.6 is 12.4 Å². The van der Waals surface area contributed by atoms with E-state index in [1.54, 1.807) is 0 Å². The number of hydrogen-bond acceptors (Lipinski definition) is 6. The van der Waals surface area contributed by atoms with Crippen molar-refractivity contribution < 1.29 is 19.2 Å². The molecule has 10 heteroatoms. The van der Waals surface area contributed by atoms with Crippen molar-refractivity contribution in [1.29, 1.82) is 0 Å². The predicted octanol–water partition coefficient (Wildman–Crippen LogP) is 0.856. The zero-order valence-electron chi connectivity index (χ0n) is 14.3. The van der Waals surface area contributed by atoms with Crippen molar-refractivity contribution in [2.45, 2.75) is 19.4 Å². The van der Waals surface area contributed by atoms with Crippen LogP contribution in [0.4, 0.5) is 11.4 Å². The van der Waals surface area contributed by atoms with Crippen molar-refractivity contribution in [3.63, 3.8) is 0 Å². The fraction of sp³-hybridized carbons (Fsp3) is 0.500. The van der Waals surface area contributed by atoms with E-state index in [0.717, 1.165) is 19.5 Å². The number of ether oxygens (including phenoxy) is 1. The lowest BCUT2D eigenvalue weighted by Gasteiger charge is -2.32. The zero-order chi connectivity index (χ0) is 18.0. The molecule has 2 amide bonds. The van der Waals surface area contributed by atoms with Crippen LogP contribution in [0.3, 0.4) is 0 Å². The quantitative estimate of drug-likeness (QED) is 0.587. The number of halogens is 1. The van der Waals surface area contributed by atoms with E-state index >= 15 is 0 Å². The Morgan fingerprint density at radius 2 is 2.27 bits per heavy atom. The van der Waals surface area contributed by atoms with Crippen molar-refractivity contribution in [3.8, 4) is 5.75 Å². The molecule has 1 aromatic rings. The van der Waals surface area contributed by atoms with Crippen LogP contribution in [0.5, 0.6) is 5.75 Å². The largest absolute Gasteiger partial charge is 0.482 e. The van der Waals surface area contributed by atoms with Crippen molar-refractivity contribution >= 4 is 35.6 Å². The zero-order valence-corrected chi connectivity index (χ0v) is 15.1. The Morgan fingerprint density at radius 1 is 1.50 bits per heavy atom. The number of nitrogens with zero attached hydrogens (tertiary/aromatic N) is 2. The van der Waals surface area contributed by atoms with Crippen LogP contribution in [0.2, 0.25) is 0 Å². The Morgan fingerprint density at radius 3 is 2.96 bits per heavy atom. The molecule has 0 saturated carbocycles. The van der Waals surface area contributed by atoms with Gasteiger partial charge in [-0.15, -0.1) is 12.4 Å². The molecule has 2 heterocycles. The Labute approximate surface area is 156 Å². The molecular weight excluding hydrogens is 364 g/mol. The summed E-state index contributed by atoms with van der Waals surface area (Å²) in [5.74, 6) is -0.0346. The van der Waals surface area contributed by atoms with Crippen LogP contribution in [-0.2, 0) is 9.59 Å². The maximum Gasteiger partial charge on any atom is 0.271 e. The molecule has 2 N–H and O–H groups in total. The minimum atomic E-state index is -0.547. The molecule has 2 aliphatic heterocycles. The first kappa shape index (κ1) is 19.9. The number of non-ortho nitro benzene ring substituents is 1. The summed E-state index contributed by atoms with van der Waals surface area (Å²) in [4.78, 5) is 36.2. The molecule has 2 atom stereocenters. The lowest BCUT2D eigenvalue weighted by atomic mass is 9.95. The maximum atomic E-state index is 12.4. The van der Waals surface area contributed by atoms with E-state index in [2.05, 4.69) is 17.6 Å². The maximum absolute atomic E-state index is 12.4. The first-order chi connectivity index (χ1) is 12.0. The number of amides is 2. The standard InChI is InChI=1S/C16H20N4O5.ClH/c1-10-7-17-5-4-12(10)18-15(21)8-19-13-6-11(20(23)24)2-3-14(13)25-9-16(19)22;/h2-3,6,10,12,17H,4-5,7-9H2,1H3,(H,18,21);1H. The lowest BCUT2D eigenvalue weighted by molar-refractivity contribution is -0.384. The number of fused-ring (bicyclic) bond motifs is 1. The third kappa shape index (κ3) is 4.23. The lowest BCUT2D eigenvalue weighted by Crippen LogP contribution is -2.52. The monoisotopic (exact) mass is 384 g/mol. The van der Waals surface area contributed by atoms with Crippen LogP contribution in [0.25, 0.3) is 0 Å².